The van der Waals surface area contributed by atoms with Crippen molar-refractivity contribution in [2.24, 2.45) is 5.92 Å². The normalized spacial score (nSPS) is 21.9. The molecule has 1 fully saturated rings. The number of nitrogens with one attached hydrogen (secondary N) is 1. The second-order valence-corrected chi connectivity index (χ2v) is 4.82. The Morgan fingerprint density at radius 1 is 1.44 bits per heavy atom. The summed E-state index contributed by atoms with van der Waals surface area (Å²) in [5.41, 5.74) is -0.306. The van der Waals surface area contributed by atoms with E-state index in [1.54, 1.807) is 0 Å². The van der Waals surface area contributed by atoms with Gasteiger partial charge in [0.15, 0.2) is 0 Å². The molecule has 1 aliphatic heterocycles. The first kappa shape index (κ1) is 13.9. The third-order valence-corrected chi connectivity index (χ3v) is 3.07. The van der Waals surface area contributed by atoms with E-state index >= 15 is 0 Å². The molecule has 1 unspecified atom stereocenters. The van der Waals surface area contributed by atoms with E-state index in [1.165, 1.54) is 0 Å². The van der Waals surface area contributed by atoms with E-state index in [-0.39, 0.29) is 12.1 Å². The van der Waals surface area contributed by atoms with E-state index in [1.807, 2.05) is 13.8 Å². The van der Waals surface area contributed by atoms with Crippen LogP contribution in [0, 0.1) is 5.92 Å². The predicted molar refractivity (Wildman–Crippen MR) is 63.5 cm³/mol. The highest BCUT2D eigenvalue weighted by Crippen LogP contribution is 2.15. The van der Waals surface area contributed by atoms with Gasteiger partial charge in [0, 0.05) is 19.8 Å². The SMILES string of the molecule is CCNC(C)(CO)COCC1CCOCC1. The summed E-state index contributed by atoms with van der Waals surface area (Å²) >= 11 is 0. The second kappa shape index (κ2) is 7.22. The molecule has 2 N–H and O–H groups in total. The number of aliphatic hydroxyl groups is 1. The molecule has 0 amide bonds. The number of ether oxygens (including phenoxy) is 2. The topological polar surface area (TPSA) is 50.7 Å². The molecule has 0 aliphatic carbocycles. The Morgan fingerprint density at radius 2 is 2.12 bits per heavy atom. The number of likely N-dealkylation sites (N-methyl/N-ethyl adjacent to an activating group) is 1. The lowest BCUT2D eigenvalue weighted by Crippen LogP contribution is -2.49. The van der Waals surface area contributed by atoms with Gasteiger partial charge in [-0.1, -0.05) is 6.92 Å². The van der Waals surface area contributed by atoms with Crippen LogP contribution in [0.5, 0.6) is 0 Å². The summed E-state index contributed by atoms with van der Waals surface area (Å²) in [5, 5.41) is 12.5. The van der Waals surface area contributed by atoms with Crippen LogP contribution in [0.25, 0.3) is 0 Å². The molecular formula is C12H25NO3. The Morgan fingerprint density at radius 3 is 2.69 bits per heavy atom. The molecule has 16 heavy (non-hydrogen) atoms. The van der Waals surface area contributed by atoms with Crippen molar-refractivity contribution in [3.05, 3.63) is 0 Å². The maximum absolute atomic E-state index is 9.29. The monoisotopic (exact) mass is 231 g/mol. The maximum atomic E-state index is 9.29. The Bertz CT molecular complexity index is 183. The van der Waals surface area contributed by atoms with Gasteiger partial charge in [0.1, 0.15) is 0 Å². The van der Waals surface area contributed by atoms with Gasteiger partial charge < -0.3 is 19.9 Å². The fraction of sp³-hybridized carbons (Fsp3) is 1.00. The van der Waals surface area contributed by atoms with Crippen LogP contribution in [0.4, 0.5) is 0 Å². The minimum atomic E-state index is -0.306. The van der Waals surface area contributed by atoms with E-state index in [9.17, 15) is 5.11 Å². The van der Waals surface area contributed by atoms with E-state index in [0.29, 0.717) is 12.5 Å². The van der Waals surface area contributed by atoms with Crippen LogP contribution < -0.4 is 5.32 Å². The van der Waals surface area contributed by atoms with Crippen molar-refractivity contribution in [2.75, 3.05) is 39.6 Å². The average Bonchev–Trinajstić information content (AvgIpc) is 2.31. The molecule has 0 aromatic carbocycles. The van der Waals surface area contributed by atoms with E-state index in [4.69, 9.17) is 9.47 Å². The molecule has 1 rings (SSSR count). The van der Waals surface area contributed by atoms with Crippen molar-refractivity contribution in [1.29, 1.82) is 0 Å². The minimum Gasteiger partial charge on any atom is -0.394 e. The summed E-state index contributed by atoms with van der Waals surface area (Å²) in [4.78, 5) is 0. The van der Waals surface area contributed by atoms with Crippen molar-refractivity contribution in [2.45, 2.75) is 32.2 Å². The molecule has 1 saturated heterocycles. The van der Waals surface area contributed by atoms with Gasteiger partial charge in [-0.3, -0.25) is 0 Å². The molecule has 96 valence electrons. The summed E-state index contributed by atoms with van der Waals surface area (Å²) in [7, 11) is 0. The lowest BCUT2D eigenvalue weighted by Gasteiger charge is -2.29. The molecule has 1 aliphatic rings. The Balaban J connectivity index is 2.16. The third-order valence-electron chi connectivity index (χ3n) is 3.07. The average molecular weight is 231 g/mol. The van der Waals surface area contributed by atoms with Crippen LogP contribution >= 0.6 is 0 Å². The molecule has 4 nitrogen and oxygen atoms in total. The first-order chi connectivity index (χ1) is 7.70. The number of hydrogen-bond donors (Lipinski definition) is 2. The van der Waals surface area contributed by atoms with Crippen molar-refractivity contribution < 1.29 is 14.6 Å². The highest BCUT2D eigenvalue weighted by atomic mass is 16.5. The minimum absolute atomic E-state index is 0.106. The Kier molecular flexibility index (Phi) is 6.28. The van der Waals surface area contributed by atoms with E-state index in [0.717, 1.165) is 39.2 Å². The molecule has 0 radical (unpaired) electrons. The molecule has 0 bridgehead atoms. The fourth-order valence-corrected chi connectivity index (χ4v) is 1.94. The van der Waals surface area contributed by atoms with Gasteiger partial charge in [0.25, 0.3) is 0 Å². The Hall–Kier alpha value is -0.160. The van der Waals surface area contributed by atoms with Gasteiger partial charge in [0.05, 0.1) is 18.8 Å². The summed E-state index contributed by atoms with van der Waals surface area (Å²) in [6, 6.07) is 0. The molecule has 1 heterocycles. The predicted octanol–water partition coefficient (Wildman–Crippen LogP) is 0.790. The molecule has 0 spiro atoms. The maximum Gasteiger partial charge on any atom is 0.0668 e. The summed E-state index contributed by atoms with van der Waals surface area (Å²) in [6.45, 7) is 8.04. The quantitative estimate of drug-likeness (QED) is 0.680. The van der Waals surface area contributed by atoms with Crippen molar-refractivity contribution >= 4 is 0 Å². The van der Waals surface area contributed by atoms with Crippen LogP contribution in [0.15, 0.2) is 0 Å². The number of aliphatic hydroxyl groups excluding tert-OH is 1. The van der Waals surface area contributed by atoms with Gasteiger partial charge in [-0.25, -0.2) is 0 Å². The largest absolute Gasteiger partial charge is 0.394 e. The van der Waals surface area contributed by atoms with E-state index < -0.39 is 0 Å². The van der Waals surface area contributed by atoms with Crippen molar-refractivity contribution in [3.63, 3.8) is 0 Å². The van der Waals surface area contributed by atoms with E-state index in [2.05, 4.69) is 5.32 Å². The Labute approximate surface area is 98.3 Å². The fourth-order valence-electron chi connectivity index (χ4n) is 1.94. The molecular weight excluding hydrogens is 206 g/mol. The molecule has 4 heteroatoms. The smallest absolute Gasteiger partial charge is 0.0668 e. The molecule has 1 atom stereocenters. The van der Waals surface area contributed by atoms with Gasteiger partial charge >= 0.3 is 0 Å². The van der Waals surface area contributed by atoms with Crippen LogP contribution in [0.1, 0.15) is 26.7 Å². The van der Waals surface area contributed by atoms with Crippen molar-refractivity contribution in [3.8, 4) is 0 Å². The van der Waals surface area contributed by atoms with Crippen molar-refractivity contribution in [1.82, 2.24) is 5.32 Å². The third kappa shape index (κ3) is 4.78. The first-order valence-corrected chi connectivity index (χ1v) is 6.21. The lowest BCUT2D eigenvalue weighted by molar-refractivity contribution is -0.00515. The molecule has 0 saturated carbocycles. The number of hydrogen-bond acceptors (Lipinski definition) is 4. The summed E-state index contributed by atoms with van der Waals surface area (Å²) < 4.78 is 11.0. The molecule has 0 aromatic rings. The lowest BCUT2D eigenvalue weighted by atomic mass is 10.0. The standard InChI is InChI=1S/C12H25NO3/c1-3-13-12(2,9-14)10-16-8-11-4-6-15-7-5-11/h11,13-14H,3-10H2,1-2H3. The van der Waals surface area contributed by atoms with Crippen LogP contribution in [-0.4, -0.2) is 50.2 Å². The second-order valence-electron chi connectivity index (χ2n) is 4.82. The number of rotatable bonds is 7. The first-order valence-electron chi connectivity index (χ1n) is 6.21. The highest BCUT2D eigenvalue weighted by Gasteiger charge is 2.23. The summed E-state index contributed by atoms with van der Waals surface area (Å²) in [6.07, 6.45) is 2.19. The van der Waals surface area contributed by atoms with Crippen LogP contribution in [-0.2, 0) is 9.47 Å². The zero-order chi connectivity index (χ0) is 11.9. The zero-order valence-corrected chi connectivity index (χ0v) is 10.5. The van der Waals surface area contributed by atoms with Gasteiger partial charge in [-0.2, -0.15) is 0 Å². The van der Waals surface area contributed by atoms with Crippen LogP contribution in [0.2, 0.25) is 0 Å². The zero-order valence-electron chi connectivity index (χ0n) is 10.5. The van der Waals surface area contributed by atoms with Gasteiger partial charge in [-0.15, -0.1) is 0 Å². The highest BCUT2D eigenvalue weighted by molar-refractivity contribution is 4.81. The van der Waals surface area contributed by atoms with Gasteiger partial charge in [0.2, 0.25) is 0 Å². The van der Waals surface area contributed by atoms with Crippen LogP contribution in [0.3, 0.4) is 0 Å². The molecule has 0 aromatic heterocycles. The van der Waals surface area contributed by atoms with Gasteiger partial charge in [-0.05, 0) is 32.2 Å². The summed E-state index contributed by atoms with van der Waals surface area (Å²) in [5.74, 6) is 0.623.